The molecule has 0 aliphatic rings. The van der Waals surface area contributed by atoms with Gasteiger partial charge in [0.1, 0.15) is 4.90 Å². The maximum atomic E-state index is 12.0. The lowest BCUT2D eigenvalue weighted by Crippen LogP contribution is -2.27. The molecular weight excluding hydrogens is 274 g/mol. The second-order valence-corrected chi connectivity index (χ2v) is 5.31. The van der Waals surface area contributed by atoms with Crippen molar-refractivity contribution in [1.29, 1.82) is 0 Å². The monoisotopic (exact) mass is 289 g/mol. The molecule has 0 saturated heterocycles. The summed E-state index contributed by atoms with van der Waals surface area (Å²) >= 11 is 0. The smallest absolute Gasteiger partial charge is 0.270 e. The van der Waals surface area contributed by atoms with Gasteiger partial charge in [0, 0.05) is 32.8 Å². The molecule has 0 aliphatic heterocycles. The van der Waals surface area contributed by atoms with E-state index in [2.05, 4.69) is 10.0 Å². The highest BCUT2D eigenvalue weighted by atomic mass is 32.2. The Morgan fingerprint density at radius 1 is 1.42 bits per heavy atom. The number of nitrogens with zero attached hydrogens (tertiary/aromatic N) is 1. The third-order valence-electron chi connectivity index (χ3n) is 2.33. The molecule has 1 rings (SSSR count). The minimum atomic E-state index is -3.83. The molecule has 0 unspecified atom stereocenters. The third-order valence-corrected chi connectivity index (χ3v) is 3.83. The number of anilines is 1. The van der Waals surface area contributed by atoms with Gasteiger partial charge in [-0.2, -0.15) is 0 Å². The number of nitro groups is 1. The van der Waals surface area contributed by atoms with E-state index in [1.54, 1.807) is 0 Å². The molecule has 0 saturated carbocycles. The van der Waals surface area contributed by atoms with E-state index in [0.29, 0.717) is 0 Å². The van der Waals surface area contributed by atoms with Crippen molar-refractivity contribution in [3.63, 3.8) is 0 Å². The molecule has 0 radical (unpaired) electrons. The number of nitro benzene ring substituents is 1. The van der Waals surface area contributed by atoms with E-state index >= 15 is 0 Å². The molecule has 106 valence electrons. The van der Waals surface area contributed by atoms with Crippen LogP contribution in [-0.2, 0) is 14.8 Å². The Morgan fingerprint density at radius 3 is 2.63 bits per heavy atom. The van der Waals surface area contributed by atoms with Gasteiger partial charge in [0.2, 0.25) is 10.0 Å². The molecule has 0 aliphatic carbocycles. The molecular formula is C10H15N3O5S. The van der Waals surface area contributed by atoms with Crippen molar-refractivity contribution in [1.82, 2.24) is 4.72 Å². The van der Waals surface area contributed by atoms with E-state index in [4.69, 9.17) is 4.74 Å². The molecule has 9 heteroatoms. The molecule has 2 N–H and O–H groups in total. The number of non-ortho nitro benzene ring substituents is 1. The lowest BCUT2D eigenvalue weighted by Gasteiger charge is -2.10. The molecule has 0 atom stereocenters. The van der Waals surface area contributed by atoms with E-state index in [-0.39, 0.29) is 29.4 Å². The zero-order chi connectivity index (χ0) is 14.5. The molecule has 0 spiro atoms. The van der Waals surface area contributed by atoms with E-state index in [1.165, 1.54) is 26.3 Å². The highest BCUT2D eigenvalue weighted by Gasteiger charge is 2.21. The topological polar surface area (TPSA) is 111 Å². The number of hydrogen-bond acceptors (Lipinski definition) is 6. The molecule has 19 heavy (non-hydrogen) atoms. The molecule has 0 aromatic heterocycles. The average Bonchev–Trinajstić information content (AvgIpc) is 2.38. The summed E-state index contributed by atoms with van der Waals surface area (Å²) in [4.78, 5) is 9.88. The van der Waals surface area contributed by atoms with Crippen LogP contribution in [0.5, 0.6) is 0 Å². The Labute approximate surface area is 111 Å². The Balaban J connectivity index is 3.15. The van der Waals surface area contributed by atoms with Gasteiger partial charge in [0.15, 0.2) is 0 Å². The first kappa shape index (κ1) is 15.3. The minimum absolute atomic E-state index is 0.0880. The summed E-state index contributed by atoms with van der Waals surface area (Å²) in [5.74, 6) is 0. The lowest BCUT2D eigenvalue weighted by molar-refractivity contribution is -0.385. The van der Waals surface area contributed by atoms with Crippen molar-refractivity contribution in [2.75, 3.05) is 32.6 Å². The maximum Gasteiger partial charge on any atom is 0.270 e. The third kappa shape index (κ3) is 3.88. The fourth-order valence-corrected chi connectivity index (χ4v) is 2.65. The van der Waals surface area contributed by atoms with Crippen molar-refractivity contribution in [2.45, 2.75) is 4.90 Å². The number of ether oxygens (including phenoxy) is 1. The van der Waals surface area contributed by atoms with Crippen LogP contribution in [0.2, 0.25) is 0 Å². The highest BCUT2D eigenvalue weighted by molar-refractivity contribution is 7.89. The Morgan fingerprint density at radius 2 is 2.11 bits per heavy atom. The molecule has 1 aromatic carbocycles. The normalized spacial score (nSPS) is 11.3. The predicted octanol–water partition coefficient (Wildman–Crippen LogP) is 0.561. The number of nitrogens with one attached hydrogen (secondary N) is 2. The van der Waals surface area contributed by atoms with E-state index in [0.717, 1.165) is 6.07 Å². The first-order valence-corrected chi connectivity index (χ1v) is 6.85. The molecule has 8 nitrogen and oxygen atoms in total. The van der Waals surface area contributed by atoms with E-state index in [9.17, 15) is 18.5 Å². The lowest BCUT2D eigenvalue weighted by atomic mass is 10.3. The van der Waals surface area contributed by atoms with Crippen molar-refractivity contribution >= 4 is 21.4 Å². The summed E-state index contributed by atoms with van der Waals surface area (Å²) in [6.45, 7) is 0.299. The van der Waals surface area contributed by atoms with Gasteiger partial charge >= 0.3 is 0 Å². The van der Waals surface area contributed by atoms with Crippen LogP contribution in [0.25, 0.3) is 0 Å². The highest BCUT2D eigenvalue weighted by Crippen LogP contribution is 2.25. The van der Waals surface area contributed by atoms with Gasteiger partial charge in [-0.15, -0.1) is 0 Å². The average molecular weight is 289 g/mol. The Hall–Kier alpha value is -1.71. The number of hydrogen-bond donors (Lipinski definition) is 2. The number of rotatable bonds is 7. The van der Waals surface area contributed by atoms with E-state index < -0.39 is 14.9 Å². The van der Waals surface area contributed by atoms with Crippen LogP contribution in [0.3, 0.4) is 0 Å². The summed E-state index contributed by atoms with van der Waals surface area (Å²) in [6.07, 6.45) is 0. The van der Waals surface area contributed by atoms with Crippen LogP contribution in [0.1, 0.15) is 0 Å². The van der Waals surface area contributed by atoms with Crippen LogP contribution in [0.4, 0.5) is 11.4 Å². The molecule has 1 aromatic rings. The molecule has 0 fully saturated rings. The second kappa shape index (κ2) is 6.45. The summed E-state index contributed by atoms with van der Waals surface area (Å²) in [7, 11) is -0.846. The van der Waals surface area contributed by atoms with Gasteiger partial charge in [-0.1, -0.05) is 0 Å². The minimum Gasteiger partial charge on any atom is -0.387 e. The van der Waals surface area contributed by atoms with Gasteiger partial charge in [-0.3, -0.25) is 10.1 Å². The Bertz CT molecular complexity index is 558. The fourth-order valence-electron chi connectivity index (χ4n) is 1.41. The van der Waals surface area contributed by atoms with Crippen molar-refractivity contribution in [2.24, 2.45) is 0 Å². The van der Waals surface area contributed by atoms with E-state index in [1.807, 2.05) is 0 Å². The quantitative estimate of drug-likeness (QED) is 0.431. The van der Waals surface area contributed by atoms with Gasteiger partial charge in [-0.05, 0) is 6.07 Å². The van der Waals surface area contributed by atoms with Crippen LogP contribution in [0, 0.1) is 10.1 Å². The molecule has 0 bridgehead atoms. The van der Waals surface area contributed by atoms with Gasteiger partial charge in [0.05, 0.1) is 17.2 Å². The summed E-state index contributed by atoms with van der Waals surface area (Å²) < 4.78 is 31.1. The molecule has 0 amide bonds. The summed E-state index contributed by atoms with van der Waals surface area (Å²) in [5, 5.41) is 13.4. The van der Waals surface area contributed by atoms with Gasteiger partial charge in [-0.25, -0.2) is 13.1 Å². The van der Waals surface area contributed by atoms with Crippen LogP contribution in [-0.4, -0.2) is 40.7 Å². The summed E-state index contributed by atoms with van der Waals surface area (Å²) in [6, 6.07) is 3.60. The van der Waals surface area contributed by atoms with Crippen molar-refractivity contribution in [3.05, 3.63) is 28.3 Å². The van der Waals surface area contributed by atoms with Crippen LogP contribution >= 0.6 is 0 Å². The number of benzene rings is 1. The maximum absolute atomic E-state index is 12.0. The fraction of sp³-hybridized carbons (Fsp3) is 0.400. The predicted molar refractivity (Wildman–Crippen MR) is 69.7 cm³/mol. The molecule has 0 heterocycles. The van der Waals surface area contributed by atoms with Crippen molar-refractivity contribution < 1.29 is 18.1 Å². The number of methoxy groups -OCH3 is 1. The SMILES string of the molecule is CNc1ccc([N+](=O)[O-])cc1S(=O)(=O)NCCOC. The zero-order valence-corrected chi connectivity index (χ0v) is 11.4. The van der Waals surface area contributed by atoms with Crippen LogP contribution < -0.4 is 10.0 Å². The van der Waals surface area contributed by atoms with Gasteiger partial charge < -0.3 is 10.1 Å². The standard InChI is InChI=1S/C10H15N3O5S/c1-11-9-4-3-8(13(14)15)7-10(9)19(16,17)12-5-6-18-2/h3-4,7,11-12H,5-6H2,1-2H3. The summed E-state index contributed by atoms with van der Waals surface area (Å²) in [5.41, 5.74) is 0.00151. The zero-order valence-electron chi connectivity index (χ0n) is 10.5. The Kier molecular flexibility index (Phi) is 5.21. The van der Waals surface area contributed by atoms with Crippen LogP contribution in [0.15, 0.2) is 23.1 Å². The second-order valence-electron chi connectivity index (χ2n) is 3.58. The number of sulfonamides is 1. The van der Waals surface area contributed by atoms with Crippen molar-refractivity contribution in [3.8, 4) is 0 Å². The largest absolute Gasteiger partial charge is 0.387 e. The first-order valence-electron chi connectivity index (χ1n) is 5.37. The first-order chi connectivity index (χ1) is 8.92. The van der Waals surface area contributed by atoms with Gasteiger partial charge in [0.25, 0.3) is 5.69 Å².